The van der Waals surface area contributed by atoms with Gasteiger partial charge in [-0.05, 0) is 30.7 Å². The molecule has 0 saturated heterocycles. The molecule has 0 aliphatic carbocycles. The van der Waals surface area contributed by atoms with Gasteiger partial charge in [0.05, 0.1) is 11.3 Å². The van der Waals surface area contributed by atoms with Crippen molar-refractivity contribution < 1.29 is 9.18 Å². The molecule has 3 heteroatoms. The third kappa shape index (κ3) is 1.84. The van der Waals surface area contributed by atoms with E-state index in [2.05, 4.69) is 4.98 Å². The van der Waals surface area contributed by atoms with Crippen LogP contribution in [0.1, 0.15) is 15.9 Å². The topological polar surface area (TPSA) is 30.0 Å². The minimum absolute atomic E-state index is 0.0670. The summed E-state index contributed by atoms with van der Waals surface area (Å²) < 4.78 is 13.4. The number of halogens is 1. The number of aromatic nitrogens is 1. The lowest BCUT2D eigenvalue weighted by Crippen LogP contribution is -1.91. The fourth-order valence-electron chi connectivity index (χ4n) is 1.56. The quantitative estimate of drug-likeness (QED) is 0.721. The number of benzene rings is 1. The number of carbonyl (C=O) groups excluding carboxylic acids is 1. The van der Waals surface area contributed by atoms with Crippen LogP contribution in [0.3, 0.4) is 0 Å². The van der Waals surface area contributed by atoms with Crippen molar-refractivity contribution in [3.8, 4) is 11.3 Å². The van der Waals surface area contributed by atoms with E-state index in [0.717, 1.165) is 11.3 Å². The molecular weight excluding hydrogens is 205 g/mol. The van der Waals surface area contributed by atoms with Crippen LogP contribution < -0.4 is 0 Å². The Hall–Kier alpha value is -2.03. The van der Waals surface area contributed by atoms with E-state index in [0.29, 0.717) is 11.8 Å². The van der Waals surface area contributed by atoms with Crippen molar-refractivity contribution in [1.82, 2.24) is 4.98 Å². The zero-order valence-corrected chi connectivity index (χ0v) is 8.77. The lowest BCUT2D eigenvalue weighted by molar-refractivity contribution is 0.112. The molecule has 80 valence electrons. The van der Waals surface area contributed by atoms with E-state index in [1.807, 2.05) is 19.1 Å². The van der Waals surface area contributed by atoms with Crippen LogP contribution in [-0.4, -0.2) is 11.3 Å². The van der Waals surface area contributed by atoms with E-state index in [4.69, 9.17) is 0 Å². The van der Waals surface area contributed by atoms with Crippen LogP contribution in [0.2, 0.25) is 0 Å². The molecule has 0 bridgehead atoms. The summed E-state index contributed by atoms with van der Waals surface area (Å²) in [5.41, 5.74) is 2.46. The molecule has 0 saturated carbocycles. The van der Waals surface area contributed by atoms with Gasteiger partial charge >= 0.3 is 0 Å². The summed E-state index contributed by atoms with van der Waals surface area (Å²) in [5.74, 6) is -0.516. The van der Waals surface area contributed by atoms with Gasteiger partial charge in [-0.1, -0.05) is 12.1 Å². The maximum atomic E-state index is 13.4. The Morgan fingerprint density at radius 1 is 1.31 bits per heavy atom. The van der Waals surface area contributed by atoms with Crippen LogP contribution in [0.5, 0.6) is 0 Å². The number of nitrogens with zero attached hydrogens (tertiary/aromatic N) is 1. The van der Waals surface area contributed by atoms with Crippen molar-refractivity contribution in [2.75, 3.05) is 0 Å². The van der Waals surface area contributed by atoms with Gasteiger partial charge in [0.15, 0.2) is 6.29 Å². The second-order valence-electron chi connectivity index (χ2n) is 3.52. The van der Waals surface area contributed by atoms with Crippen LogP contribution in [0.4, 0.5) is 4.39 Å². The number of aldehydes is 1. The van der Waals surface area contributed by atoms with Crippen molar-refractivity contribution in [1.29, 1.82) is 0 Å². The molecule has 0 amide bonds. The average molecular weight is 215 g/mol. The average Bonchev–Trinajstić information content (AvgIpc) is 2.29. The van der Waals surface area contributed by atoms with Crippen LogP contribution in [0, 0.1) is 12.7 Å². The molecule has 0 atom stereocenters. The Balaban J connectivity index is 2.54. The zero-order valence-electron chi connectivity index (χ0n) is 8.77. The molecule has 2 rings (SSSR count). The molecule has 0 spiro atoms. The smallest absolute Gasteiger partial charge is 0.152 e. The highest BCUT2D eigenvalue weighted by Crippen LogP contribution is 2.22. The van der Waals surface area contributed by atoms with Crippen LogP contribution in [-0.2, 0) is 0 Å². The number of aryl methyl sites for hydroxylation is 1. The summed E-state index contributed by atoms with van der Waals surface area (Å²) >= 11 is 0. The van der Waals surface area contributed by atoms with E-state index in [-0.39, 0.29) is 5.56 Å². The first kappa shape index (κ1) is 10.5. The second kappa shape index (κ2) is 4.23. The third-order valence-corrected chi connectivity index (χ3v) is 2.41. The Bertz CT molecular complexity index is 537. The summed E-state index contributed by atoms with van der Waals surface area (Å²) in [6.07, 6.45) is 2.16. The van der Waals surface area contributed by atoms with Crippen molar-refractivity contribution >= 4 is 6.29 Å². The summed E-state index contributed by atoms with van der Waals surface area (Å²) in [4.78, 5) is 14.7. The Labute approximate surface area is 92.8 Å². The molecule has 2 nitrogen and oxygen atoms in total. The summed E-state index contributed by atoms with van der Waals surface area (Å²) in [7, 11) is 0. The molecule has 0 radical (unpaired) electrons. The fraction of sp³-hybridized carbons (Fsp3) is 0.0769. The minimum atomic E-state index is -0.516. The van der Waals surface area contributed by atoms with Crippen molar-refractivity contribution in [3.63, 3.8) is 0 Å². The molecule has 0 fully saturated rings. The Morgan fingerprint density at radius 2 is 2.12 bits per heavy atom. The molecule has 1 heterocycles. The minimum Gasteiger partial charge on any atom is -0.298 e. The standard InChI is InChI=1S/C13H10FNO/c1-9-3-2-6-15-13(9)10-4-5-11(8-16)12(14)7-10/h2-8H,1H3. The highest BCUT2D eigenvalue weighted by atomic mass is 19.1. The zero-order chi connectivity index (χ0) is 11.5. The normalized spacial score (nSPS) is 10.1. The molecule has 0 aliphatic heterocycles. The monoisotopic (exact) mass is 215 g/mol. The number of hydrogen-bond acceptors (Lipinski definition) is 2. The first-order valence-corrected chi connectivity index (χ1v) is 4.89. The third-order valence-electron chi connectivity index (χ3n) is 2.41. The number of rotatable bonds is 2. The lowest BCUT2D eigenvalue weighted by atomic mass is 10.0. The van der Waals surface area contributed by atoms with Gasteiger partial charge in [0, 0.05) is 11.8 Å². The van der Waals surface area contributed by atoms with E-state index in [1.165, 1.54) is 12.1 Å². The highest BCUT2D eigenvalue weighted by Gasteiger charge is 2.06. The van der Waals surface area contributed by atoms with Gasteiger partial charge in [-0.2, -0.15) is 0 Å². The SMILES string of the molecule is Cc1cccnc1-c1ccc(C=O)c(F)c1. The van der Waals surface area contributed by atoms with E-state index < -0.39 is 5.82 Å². The molecule has 16 heavy (non-hydrogen) atoms. The first-order valence-electron chi connectivity index (χ1n) is 4.89. The van der Waals surface area contributed by atoms with Gasteiger partial charge in [0.1, 0.15) is 5.82 Å². The molecule has 0 aliphatic rings. The lowest BCUT2D eigenvalue weighted by Gasteiger charge is -2.05. The highest BCUT2D eigenvalue weighted by molar-refractivity contribution is 5.77. The van der Waals surface area contributed by atoms with Gasteiger partial charge in [-0.3, -0.25) is 9.78 Å². The molecule has 0 unspecified atom stereocenters. The van der Waals surface area contributed by atoms with Crippen molar-refractivity contribution in [2.45, 2.75) is 6.92 Å². The predicted octanol–water partition coefficient (Wildman–Crippen LogP) is 3.01. The predicted molar refractivity (Wildman–Crippen MR) is 59.8 cm³/mol. The van der Waals surface area contributed by atoms with Gasteiger partial charge < -0.3 is 0 Å². The van der Waals surface area contributed by atoms with Crippen LogP contribution >= 0.6 is 0 Å². The van der Waals surface area contributed by atoms with Crippen LogP contribution in [0.15, 0.2) is 36.5 Å². The summed E-state index contributed by atoms with van der Waals surface area (Å²) in [5, 5.41) is 0. The maximum absolute atomic E-state index is 13.4. The van der Waals surface area contributed by atoms with Gasteiger partial charge in [0.25, 0.3) is 0 Å². The van der Waals surface area contributed by atoms with Crippen molar-refractivity contribution in [3.05, 3.63) is 53.5 Å². The molecular formula is C13H10FNO. The van der Waals surface area contributed by atoms with Crippen LogP contribution in [0.25, 0.3) is 11.3 Å². The molecule has 1 aromatic carbocycles. The number of hydrogen-bond donors (Lipinski definition) is 0. The molecule has 2 aromatic rings. The summed E-state index contributed by atoms with van der Waals surface area (Å²) in [6, 6.07) is 8.23. The Kier molecular flexibility index (Phi) is 2.77. The fourth-order valence-corrected chi connectivity index (χ4v) is 1.56. The number of pyridine rings is 1. The van der Waals surface area contributed by atoms with Gasteiger partial charge in [-0.15, -0.1) is 0 Å². The van der Waals surface area contributed by atoms with E-state index >= 15 is 0 Å². The van der Waals surface area contributed by atoms with E-state index in [9.17, 15) is 9.18 Å². The largest absolute Gasteiger partial charge is 0.298 e. The molecule has 1 aromatic heterocycles. The Morgan fingerprint density at radius 3 is 2.75 bits per heavy atom. The van der Waals surface area contributed by atoms with E-state index in [1.54, 1.807) is 12.3 Å². The second-order valence-corrected chi connectivity index (χ2v) is 3.52. The van der Waals surface area contributed by atoms with Gasteiger partial charge in [-0.25, -0.2) is 4.39 Å². The number of carbonyl (C=O) groups is 1. The molecule has 0 N–H and O–H groups in total. The first-order chi connectivity index (χ1) is 7.72. The summed E-state index contributed by atoms with van der Waals surface area (Å²) in [6.45, 7) is 1.91. The maximum Gasteiger partial charge on any atom is 0.152 e. The van der Waals surface area contributed by atoms with Crippen molar-refractivity contribution in [2.24, 2.45) is 0 Å². The van der Waals surface area contributed by atoms with Gasteiger partial charge in [0.2, 0.25) is 0 Å².